The molecule has 0 radical (unpaired) electrons. The zero-order valence-corrected chi connectivity index (χ0v) is 18.3. The van der Waals surface area contributed by atoms with Gasteiger partial charge in [0, 0.05) is 25.2 Å². The maximum Gasteiger partial charge on any atom is 0.411 e. The van der Waals surface area contributed by atoms with E-state index in [1.165, 1.54) is 0 Å². The fourth-order valence-corrected chi connectivity index (χ4v) is 2.43. The minimum atomic E-state index is -4.32. The van der Waals surface area contributed by atoms with Gasteiger partial charge in [-0.2, -0.15) is 13.2 Å². The van der Waals surface area contributed by atoms with Crippen molar-refractivity contribution in [2.45, 2.75) is 25.9 Å². The van der Waals surface area contributed by atoms with E-state index in [-0.39, 0.29) is 30.6 Å². The molecular formula is C19H22ClF3IN3O. The first-order valence-electron chi connectivity index (χ1n) is 8.27. The van der Waals surface area contributed by atoms with Crippen molar-refractivity contribution < 1.29 is 17.9 Å². The van der Waals surface area contributed by atoms with Gasteiger partial charge in [-0.25, -0.2) is 0 Å². The number of hydrogen-bond acceptors (Lipinski definition) is 2. The predicted molar refractivity (Wildman–Crippen MR) is 116 cm³/mol. The minimum absolute atomic E-state index is 0. The maximum atomic E-state index is 12.1. The lowest BCUT2D eigenvalue weighted by atomic mass is 10.1. The Balaban J connectivity index is 0.00000392. The van der Waals surface area contributed by atoms with Crippen molar-refractivity contribution in [2.24, 2.45) is 4.99 Å². The van der Waals surface area contributed by atoms with Crippen LogP contribution in [0, 0.1) is 0 Å². The molecule has 0 spiro atoms. The molecule has 0 aromatic heterocycles. The van der Waals surface area contributed by atoms with Crippen LogP contribution < -0.4 is 10.6 Å². The van der Waals surface area contributed by atoms with Gasteiger partial charge in [-0.05, 0) is 28.8 Å². The van der Waals surface area contributed by atoms with Gasteiger partial charge in [-0.15, -0.1) is 24.0 Å². The lowest BCUT2D eigenvalue weighted by Crippen LogP contribution is -2.36. The molecule has 0 saturated heterocycles. The Bertz CT molecular complexity index is 755. The summed E-state index contributed by atoms with van der Waals surface area (Å²) in [7, 11) is 1.67. The van der Waals surface area contributed by atoms with Gasteiger partial charge in [0.1, 0.15) is 6.61 Å². The van der Waals surface area contributed by atoms with E-state index in [9.17, 15) is 13.2 Å². The molecule has 2 N–H and O–H groups in total. The third-order valence-electron chi connectivity index (χ3n) is 3.58. The molecule has 0 amide bonds. The SMILES string of the molecule is CN=C(NCc1ccc(Cl)cc1)NCc1cccc(COCC(F)(F)F)c1.I. The lowest BCUT2D eigenvalue weighted by molar-refractivity contribution is -0.176. The number of rotatable bonds is 7. The molecule has 0 atom stereocenters. The fraction of sp³-hybridized carbons (Fsp3) is 0.316. The summed E-state index contributed by atoms with van der Waals surface area (Å²) < 4.78 is 41.1. The molecule has 2 aromatic carbocycles. The van der Waals surface area contributed by atoms with Crippen molar-refractivity contribution in [3.63, 3.8) is 0 Å². The van der Waals surface area contributed by atoms with Crippen LogP contribution in [0.4, 0.5) is 13.2 Å². The summed E-state index contributed by atoms with van der Waals surface area (Å²) in [6, 6.07) is 14.7. The van der Waals surface area contributed by atoms with E-state index >= 15 is 0 Å². The highest BCUT2D eigenvalue weighted by Crippen LogP contribution is 2.16. The molecule has 0 aliphatic heterocycles. The van der Waals surface area contributed by atoms with Crippen LogP contribution in [-0.2, 0) is 24.4 Å². The molecular weight excluding hydrogens is 506 g/mol. The standard InChI is InChI=1S/C19H21ClF3N3O.HI/c1-24-18(25-10-14-5-7-17(20)8-6-14)26-11-15-3-2-4-16(9-15)12-27-13-19(21,22)23;/h2-9H,10-13H2,1H3,(H2,24,25,26);1H. The number of hydrogen-bond donors (Lipinski definition) is 2. The van der Waals surface area contributed by atoms with E-state index in [1.807, 2.05) is 30.3 Å². The maximum absolute atomic E-state index is 12.1. The number of alkyl halides is 3. The Labute approximate surface area is 184 Å². The average Bonchev–Trinajstić information content (AvgIpc) is 2.62. The van der Waals surface area contributed by atoms with Crippen LogP contribution in [0.5, 0.6) is 0 Å². The van der Waals surface area contributed by atoms with Gasteiger partial charge in [0.2, 0.25) is 0 Å². The number of ether oxygens (including phenoxy) is 1. The highest BCUT2D eigenvalue weighted by molar-refractivity contribution is 14.0. The first kappa shape index (κ1) is 24.5. The first-order valence-corrected chi connectivity index (χ1v) is 8.65. The van der Waals surface area contributed by atoms with Gasteiger partial charge in [0.15, 0.2) is 5.96 Å². The highest BCUT2D eigenvalue weighted by atomic mass is 127. The summed E-state index contributed by atoms with van der Waals surface area (Å²) in [4.78, 5) is 4.15. The van der Waals surface area contributed by atoms with Crippen molar-refractivity contribution in [1.82, 2.24) is 10.6 Å². The summed E-state index contributed by atoms with van der Waals surface area (Å²) in [6.45, 7) is -0.275. The Morgan fingerprint density at radius 3 is 2.21 bits per heavy atom. The van der Waals surface area contributed by atoms with Crippen molar-refractivity contribution in [2.75, 3.05) is 13.7 Å². The van der Waals surface area contributed by atoms with Crippen molar-refractivity contribution in [3.05, 3.63) is 70.2 Å². The number of nitrogens with one attached hydrogen (secondary N) is 2. The summed E-state index contributed by atoms with van der Waals surface area (Å²) >= 11 is 5.86. The smallest absolute Gasteiger partial charge is 0.367 e. The van der Waals surface area contributed by atoms with E-state index in [2.05, 4.69) is 15.6 Å². The second-order valence-corrected chi connectivity index (χ2v) is 6.27. The zero-order valence-electron chi connectivity index (χ0n) is 15.2. The summed E-state index contributed by atoms with van der Waals surface area (Å²) in [5.74, 6) is 0.615. The normalized spacial score (nSPS) is 11.7. The predicted octanol–water partition coefficient (Wildman–Crippen LogP) is 4.90. The van der Waals surface area contributed by atoms with Crippen LogP contribution >= 0.6 is 35.6 Å². The van der Waals surface area contributed by atoms with E-state index in [0.717, 1.165) is 11.1 Å². The summed E-state index contributed by atoms with van der Waals surface area (Å²) in [6.07, 6.45) is -4.32. The molecule has 0 bridgehead atoms. The Morgan fingerprint density at radius 2 is 1.61 bits per heavy atom. The molecule has 28 heavy (non-hydrogen) atoms. The topological polar surface area (TPSA) is 45.7 Å². The van der Waals surface area contributed by atoms with Gasteiger partial charge in [-0.3, -0.25) is 4.99 Å². The molecule has 0 saturated carbocycles. The van der Waals surface area contributed by atoms with E-state index < -0.39 is 12.8 Å². The van der Waals surface area contributed by atoms with Gasteiger partial charge >= 0.3 is 6.18 Å². The van der Waals surface area contributed by atoms with E-state index in [0.29, 0.717) is 29.6 Å². The Morgan fingerprint density at radius 1 is 1.00 bits per heavy atom. The molecule has 0 aliphatic rings. The number of benzene rings is 2. The Kier molecular flexibility index (Phi) is 10.6. The van der Waals surface area contributed by atoms with Crippen molar-refractivity contribution in [3.8, 4) is 0 Å². The van der Waals surface area contributed by atoms with Gasteiger partial charge in [0.05, 0.1) is 6.61 Å². The van der Waals surface area contributed by atoms with E-state index in [1.54, 1.807) is 25.2 Å². The molecule has 0 heterocycles. The van der Waals surface area contributed by atoms with Crippen LogP contribution in [0.3, 0.4) is 0 Å². The fourth-order valence-electron chi connectivity index (χ4n) is 2.31. The highest BCUT2D eigenvalue weighted by Gasteiger charge is 2.27. The number of aliphatic imine (C=N–C) groups is 1. The van der Waals surface area contributed by atoms with Crippen LogP contribution in [0.25, 0.3) is 0 Å². The van der Waals surface area contributed by atoms with Crippen LogP contribution in [0.15, 0.2) is 53.5 Å². The average molecular weight is 528 g/mol. The molecule has 0 aliphatic carbocycles. The largest absolute Gasteiger partial charge is 0.411 e. The third-order valence-corrected chi connectivity index (χ3v) is 3.83. The van der Waals surface area contributed by atoms with Crippen LogP contribution in [0.2, 0.25) is 5.02 Å². The molecule has 9 heteroatoms. The molecule has 2 aromatic rings. The van der Waals surface area contributed by atoms with Crippen LogP contribution in [0.1, 0.15) is 16.7 Å². The second kappa shape index (κ2) is 12.1. The quantitative estimate of drug-likeness (QED) is 0.306. The van der Waals surface area contributed by atoms with Crippen molar-refractivity contribution in [1.29, 1.82) is 0 Å². The number of guanidine groups is 1. The molecule has 4 nitrogen and oxygen atoms in total. The van der Waals surface area contributed by atoms with E-state index in [4.69, 9.17) is 16.3 Å². The molecule has 0 unspecified atom stereocenters. The second-order valence-electron chi connectivity index (χ2n) is 5.83. The summed E-state index contributed by atoms with van der Waals surface area (Å²) in [5, 5.41) is 7.03. The van der Waals surface area contributed by atoms with Gasteiger partial charge in [-0.1, -0.05) is 48.0 Å². The zero-order chi connectivity index (χ0) is 19.7. The molecule has 0 fully saturated rings. The first-order chi connectivity index (χ1) is 12.9. The van der Waals surface area contributed by atoms with Gasteiger partial charge < -0.3 is 15.4 Å². The monoisotopic (exact) mass is 527 g/mol. The van der Waals surface area contributed by atoms with Crippen LogP contribution in [-0.4, -0.2) is 25.8 Å². The Hall–Kier alpha value is -1.52. The summed E-state index contributed by atoms with van der Waals surface area (Å²) in [5.41, 5.74) is 2.66. The molecule has 2 rings (SSSR count). The number of halogens is 5. The van der Waals surface area contributed by atoms with Gasteiger partial charge in [0.25, 0.3) is 0 Å². The van der Waals surface area contributed by atoms with Crippen molar-refractivity contribution >= 4 is 41.5 Å². The third kappa shape index (κ3) is 9.61. The molecule has 154 valence electrons. The minimum Gasteiger partial charge on any atom is -0.367 e. The number of nitrogens with zero attached hydrogens (tertiary/aromatic N) is 1. The lowest BCUT2D eigenvalue weighted by Gasteiger charge is -2.13.